The number of ether oxygens (including phenoxy) is 1. The number of imidazole rings is 1. The molecule has 1 atom stereocenters. The molecule has 0 saturated heterocycles. The molecule has 0 amide bonds. The molecule has 0 radical (unpaired) electrons. The average molecular weight is 200 g/mol. The number of nitrogens with zero attached hydrogens (tertiary/aromatic N) is 2. The number of rotatable bonds is 1. The van der Waals surface area contributed by atoms with Gasteiger partial charge in [0.25, 0.3) is 0 Å². The van der Waals surface area contributed by atoms with Crippen LogP contribution in [-0.4, -0.2) is 16.2 Å². The lowest BCUT2D eigenvalue weighted by atomic mass is 10.1. The quantitative estimate of drug-likeness (QED) is 0.704. The zero-order valence-electron chi connectivity index (χ0n) is 8.34. The number of fused-ring (bicyclic) bond motifs is 1. The van der Waals surface area contributed by atoms with Crippen molar-refractivity contribution in [3.8, 4) is 0 Å². The van der Waals surface area contributed by atoms with E-state index in [1.807, 2.05) is 18.6 Å². The van der Waals surface area contributed by atoms with E-state index in [1.165, 1.54) is 5.56 Å². The van der Waals surface area contributed by atoms with Crippen molar-refractivity contribution in [2.75, 3.05) is 6.61 Å². The maximum Gasteiger partial charge on any atom is 0.0955 e. The molecule has 0 saturated carbocycles. The molecule has 1 aromatic carbocycles. The van der Waals surface area contributed by atoms with Crippen LogP contribution in [0, 0.1) is 0 Å². The lowest BCUT2D eigenvalue weighted by Crippen LogP contribution is -2.23. The molecule has 3 heteroatoms. The second-order valence-corrected chi connectivity index (χ2v) is 3.73. The third kappa shape index (κ3) is 1.45. The molecule has 0 bridgehead atoms. The third-order valence-corrected chi connectivity index (χ3v) is 2.79. The molecule has 15 heavy (non-hydrogen) atoms. The van der Waals surface area contributed by atoms with Crippen LogP contribution in [0.3, 0.4) is 0 Å². The van der Waals surface area contributed by atoms with Crippen LogP contribution in [0.2, 0.25) is 0 Å². The molecule has 0 fully saturated rings. The van der Waals surface area contributed by atoms with Crippen molar-refractivity contribution in [1.82, 2.24) is 9.55 Å². The normalized spacial score (nSPS) is 19.9. The van der Waals surface area contributed by atoms with E-state index in [2.05, 4.69) is 33.8 Å². The summed E-state index contributed by atoms with van der Waals surface area (Å²) in [6, 6.07) is 10.7. The number of aromatic nitrogens is 2. The van der Waals surface area contributed by atoms with Crippen LogP contribution in [0.25, 0.3) is 0 Å². The lowest BCUT2D eigenvalue weighted by molar-refractivity contribution is 0.0696. The van der Waals surface area contributed by atoms with Gasteiger partial charge in [-0.15, -0.1) is 0 Å². The van der Waals surface area contributed by atoms with Gasteiger partial charge in [0.15, 0.2) is 0 Å². The predicted molar refractivity (Wildman–Crippen MR) is 56.5 cm³/mol. The van der Waals surface area contributed by atoms with Crippen LogP contribution >= 0.6 is 0 Å². The Morgan fingerprint density at radius 1 is 1.27 bits per heavy atom. The molecule has 2 aromatic rings. The highest BCUT2D eigenvalue weighted by Crippen LogP contribution is 2.24. The van der Waals surface area contributed by atoms with Crippen molar-refractivity contribution in [2.45, 2.75) is 12.6 Å². The number of hydrogen-bond acceptors (Lipinski definition) is 2. The molecular formula is C12H12N2O. The van der Waals surface area contributed by atoms with Gasteiger partial charge in [-0.25, -0.2) is 4.98 Å². The van der Waals surface area contributed by atoms with Crippen molar-refractivity contribution in [3.05, 3.63) is 54.1 Å². The van der Waals surface area contributed by atoms with Crippen molar-refractivity contribution >= 4 is 0 Å². The Morgan fingerprint density at radius 3 is 3.00 bits per heavy atom. The second-order valence-electron chi connectivity index (χ2n) is 3.73. The Kier molecular flexibility index (Phi) is 2.03. The zero-order valence-corrected chi connectivity index (χ0v) is 8.34. The van der Waals surface area contributed by atoms with Gasteiger partial charge in [-0.05, 0) is 5.56 Å². The first-order valence-electron chi connectivity index (χ1n) is 5.08. The van der Waals surface area contributed by atoms with E-state index in [-0.39, 0.29) is 6.04 Å². The summed E-state index contributed by atoms with van der Waals surface area (Å²) < 4.78 is 7.75. The van der Waals surface area contributed by atoms with Crippen LogP contribution in [0.15, 0.2) is 42.9 Å². The van der Waals surface area contributed by atoms with Gasteiger partial charge in [0.1, 0.15) is 0 Å². The van der Waals surface area contributed by atoms with Gasteiger partial charge in [0.2, 0.25) is 0 Å². The SMILES string of the molecule is c1ccc([C@@H]2COCc3cncn32)cc1. The molecule has 3 nitrogen and oxygen atoms in total. The summed E-state index contributed by atoms with van der Waals surface area (Å²) in [7, 11) is 0. The molecule has 3 rings (SSSR count). The van der Waals surface area contributed by atoms with Gasteiger partial charge < -0.3 is 9.30 Å². The molecule has 0 N–H and O–H groups in total. The minimum Gasteiger partial charge on any atom is -0.373 e. The number of hydrogen-bond donors (Lipinski definition) is 0. The van der Waals surface area contributed by atoms with E-state index in [0.717, 1.165) is 12.3 Å². The summed E-state index contributed by atoms with van der Waals surface area (Å²) >= 11 is 0. The van der Waals surface area contributed by atoms with E-state index < -0.39 is 0 Å². The van der Waals surface area contributed by atoms with Crippen LogP contribution in [0.1, 0.15) is 17.3 Å². The van der Waals surface area contributed by atoms with E-state index in [0.29, 0.717) is 6.61 Å². The van der Waals surface area contributed by atoms with Crippen LogP contribution < -0.4 is 0 Å². The van der Waals surface area contributed by atoms with Crippen molar-refractivity contribution in [3.63, 3.8) is 0 Å². The van der Waals surface area contributed by atoms with Gasteiger partial charge in [-0.3, -0.25) is 0 Å². The third-order valence-electron chi connectivity index (χ3n) is 2.79. The average Bonchev–Trinajstić information content (AvgIpc) is 2.78. The maximum absolute atomic E-state index is 5.56. The van der Waals surface area contributed by atoms with Crippen molar-refractivity contribution < 1.29 is 4.74 Å². The Labute approximate surface area is 88.3 Å². The van der Waals surface area contributed by atoms with Gasteiger partial charge in [-0.1, -0.05) is 30.3 Å². The Bertz CT molecular complexity index is 450. The summed E-state index contributed by atoms with van der Waals surface area (Å²) in [6.45, 7) is 1.40. The highest BCUT2D eigenvalue weighted by atomic mass is 16.5. The molecule has 0 aliphatic carbocycles. The van der Waals surface area contributed by atoms with Gasteiger partial charge in [-0.2, -0.15) is 0 Å². The van der Waals surface area contributed by atoms with E-state index in [1.54, 1.807) is 0 Å². The highest BCUT2D eigenvalue weighted by molar-refractivity contribution is 5.22. The fraction of sp³-hybridized carbons (Fsp3) is 0.250. The van der Waals surface area contributed by atoms with Gasteiger partial charge in [0.05, 0.1) is 37.5 Å². The van der Waals surface area contributed by atoms with E-state index in [4.69, 9.17) is 4.74 Å². The number of benzene rings is 1. The Hall–Kier alpha value is -1.61. The summed E-state index contributed by atoms with van der Waals surface area (Å²) in [5.41, 5.74) is 2.42. The van der Waals surface area contributed by atoms with Crippen LogP contribution in [0.4, 0.5) is 0 Å². The first-order valence-corrected chi connectivity index (χ1v) is 5.08. The monoisotopic (exact) mass is 200 g/mol. The fourth-order valence-electron chi connectivity index (χ4n) is 2.01. The summed E-state index contributed by atoms with van der Waals surface area (Å²) in [6.07, 6.45) is 3.75. The lowest BCUT2D eigenvalue weighted by Gasteiger charge is -2.25. The Balaban J connectivity index is 2.03. The second kappa shape index (κ2) is 3.51. The predicted octanol–water partition coefficient (Wildman–Crippen LogP) is 2.00. The molecular weight excluding hydrogens is 188 g/mol. The highest BCUT2D eigenvalue weighted by Gasteiger charge is 2.20. The van der Waals surface area contributed by atoms with E-state index in [9.17, 15) is 0 Å². The Morgan fingerprint density at radius 2 is 2.13 bits per heavy atom. The molecule has 1 aromatic heterocycles. The first-order chi connectivity index (χ1) is 7.45. The smallest absolute Gasteiger partial charge is 0.0955 e. The van der Waals surface area contributed by atoms with Crippen LogP contribution in [-0.2, 0) is 11.3 Å². The van der Waals surface area contributed by atoms with E-state index >= 15 is 0 Å². The molecule has 76 valence electrons. The molecule has 1 aliphatic rings. The first kappa shape index (κ1) is 8.68. The topological polar surface area (TPSA) is 27.1 Å². The molecule has 2 heterocycles. The maximum atomic E-state index is 5.56. The minimum atomic E-state index is 0.275. The zero-order chi connectivity index (χ0) is 10.1. The minimum absolute atomic E-state index is 0.275. The largest absolute Gasteiger partial charge is 0.373 e. The van der Waals surface area contributed by atoms with Gasteiger partial charge in [0, 0.05) is 0 Å². The summed E-state index contributed by atoms with van der Waals surface area (Å²) in [5.74, 6) is 0. The van der Waals surface area contributed by atoms with Crippen molar-refractivity contribution in [2.24, 2.45) is 0 Å². The van der Waals surface area contributed by atoms with Gasteiger partial charge >= 0.3 is 0 Å². The summed E-state index contributed by atoms with van der Waals surface area (Å²) in [4.78, 5) is 4.16. The fourth-order valence-corrected chi connectivity index (χ4v) is 2.01. The molecule has 0 spiro atoms. The molecule has 0 unspecified atom stereocenters. The molecule has 1 aliphatic heterocycles. The standard InChI is InChI=1S/C12H12N2O/c1-2-4-10(5-3-1)12-8-15-7-11-6-13-9-14(11)12/h1-6,9,12H,7-8H2/t12-/m0/s1. The van der Waals surface area contributed by atoms with Crippen LogP contribution in [0.5, 0.6) is 0 Å². The van der Waals surface area contributed by atoms with Crippen molar-refractivity contribution in [1.29, 1.82) is 0 Å². The summed E-state index contributed by atoms with van der Waals surface area (Å²) in [5, 5.41) is 0.